The zero-order valence-electron chi connectivity index (χ0n) is 13.7. The van der Waals surface area contributed by atoms with Gasteiger partial charge in [0.1, 0.15) is 0 Å². The first-order valence-electron chi connectivity index (χ1n) is 8.66. The fourth-order valence-corrected chi connectivity index (χ4v) is 4.54. The highest BCUT2D eigenvalue weighted by molar-refractivity contribution is 14.1. The summed E-state index contributed by atoms with van der Waals surface area (Å²) in [6.45, 7) is 0. The fraction of sp³-hybridized carbons (Fsp3) is 0.0833. The van der Waals surface area contributed by atoms with Gasteiger partial charge < -0.3 is 0 Å². The summed E-state index contributed by atoms with van der Waals surface area (Å²) >= 11 is 2.42. The third-order valence-corrected chi connectivity index (χ3v) is 6.01. The van der Waals surface area contributed by atoms with Gasteiger partial charge in [0.15, 0.2) is 0 Å². The second-order valence-electron chi connectivity index (χ2n) is 6.76. The van der Waals surface area contributed by atoms with E-state index in [-0.39, 0.29) is 0 Å². The molecule has 2 aliphatic rings. The molecular weight excluding hydrogens is 415 g/mol. The van der Waals surface area contributed by atoms with Crippen LogP contribution < -0.4 is 0 Å². The summed E-state index contributed by atoms with van der Waals surface area (Å²) in [6, 6.07) is 22.2. The van der Waals surface area contributed by atoms with Gasteiger partial charge in [-0.05, 0) is 85.8 Å². The minimum absolute atomic E-state index is 0.518. The Kier molecular flexibility index (Phi) is 3.63. The maximum Gasteiger partial charge on any atom is 0.0131 e. The van der Waals surface area contributed by atoms with E-state index < -0.39 is 0 Å². The Morgan fingerprint density at radius 3 is 2.52 bits per heavy atom. The lowest BCUT2D eigenvalue weighted by atomic mass is 9.78. The van der Waals surface area contributed by atoms with Gasteiger partial charge in [-0.1, -0.05) is 66.8 Å². The summed E-state index contributed by atoms with van der Waals surface area (Å²) in [5.41, 5.74) is 6.84. The van der Waals surface area contributed by atoms with Gasteiger partial charge in [-0.2, -0.15) is 0 Å². The molecule has 0 nitrogen and oxygen atoms in total. The lowest BCUT2D eigenvalue weighted by molar-refractivity contribution is 0.810. The highest BCUT2D eigenvalue weighted by Crippen LogP contribution is 2.41. The van der Waals surface area contributed by atoms with Crippen LogP contribution in [0.3, 0.4) is 0 Å². The number of benzene rings is 3. The Balaban J connectivity index is 1.58. The number of allylic oxidation sites excluding steroid dienone is 5. The number of halogens is 1. The highest BCUT2D eigenvalue weighted by atomic mass is 127. The third kappa shape index (κ3) is 2.67. The van der Waals surface area contributed by atoms with Gasteiger partial charge in [0.2, 0.25) is 0 Å². The van der Waals surface area contributed by atoms with Crippen LogP contribution in [0.25, 0.3) is 28.0 Å². The molecule has 0 saturated heterocycles. The van der Waals surface area contributed by atoms with Crippen LogP contribution >= 0.6 is 22.6 Å². The van der Waals surface area contributed by atoms with E-state index in [0.717, 1.165) is 6.42 Å². The molecule has 2 aliphatic carbocycles. The number of hydrogen-bond donors (Lipinski definition) is 0. The first-order valence-corrected chi connectivity index (χ1v) is 9.74. The minimum atomic E-state index is 0.518. The van der Waals surface area contributed by atoms with E-state index in [1.165, 1.54) is 42.2 Å². The molecule has 3 aromatic rings. The van der Waals surface area contributed by atoms with Crippen molar-refractivity contribution in [3.05, 3.63) is 99.2 Å². The molecule has 120 valence electrons. The first-order chi connectivity index (χ1) is 12.3. The van der Waals surface area contributed by atoms with Crippen LogP contribution in [-0.2, 0) is 0 Å². The van der Waals surface area contributed by atoms with Crippen LogP contribution in [0.15, 0.2) is 88.0 Å². The van der Waals surface area contributed by atoms with Crippen molar-refractivity contribution in [3.8, 4) is 11.1 Å². The van der Waals surface area contributed by atoms with Gasteiger partial charge in [0.25, 0.3) is 0 Å². The van der Waals surface area contributed by atoms with E-state index in [1.54, 1.807) is 0 Å². The summed E-state index contributed by atoms with van der Waals surface area (Å²) in [7, 11) is 0. The van der Waals surface area contributed by atoms with Gasteiger partial charge in [-0.15, -0.1) is 0 Å². The summed E-state index contributed by atoms with van der Waals surface area (Å²) in [4.78, 5) is 0. The van der Waals surface area contributed by atoms with Crippen molar-refractivity contribution in [2.45, 2.75) is 12.3 Å². The molecule has 0 aliphatic heterocycles. The third-order valence-electron chi connectivity index (χ3n) is 5.26. The first kappa shape index (κ1) is 15.2. The Bertz CT molecular complexity index is 1080. The monoisotopic (exact) mass is 432 g/mol. The highest BCUT2D eigenvalue weighted by Gasteiger charge is 2.23. The molecule has 1 atom stereocenters. The van der Waals surface area contributed by atoms with Gasteiger partial charge >= 0.3 is 0 Å². The van der Waals surface area contributed by atoms with Crippen molar-refractivity contribution in [1.82, 2.24) is 0 Å². The van der Waals surface area contributed by atoms with Crippen LogP contribution in [-0.4, -0.2) is 0 Å². The smallest absolute Gasteiger partial charge is 0.0131 e. The molecule has 3 aromatic carbocycles. The van der Waals surface area contributed by atoms with Crippen molar-refractivity contribution >= 4 is 39.4 Å². The van der Waals surface area contributed by atoms with Gasteiger partial charge in [0, 0.05) is 9.50 Å². The molecule has 0 saturated carbocycles. The molecular formula is C24H17I. The van der Waals surface area contributed by atoms with Crippen molar-refractivity contribution in [2.24, 2.45) is 0 Å². The van der Waals surface area contributed by atoms with E-state index in [0.29, 0.717) is 5.92 Å². The maximum absolute atomic E-state index is 2.42. The zero-order valence-corrected chi connectivity index (χ0v) is 15.9. The van der Waals surface area contributed by atoms with E-state index in [9.17, 15) is 0 Å². The largest absolute Gasteiger partial charge is 0.0702 e. The van der Waals surface area contributed by atoms with Crippen LogP contribution in [0.4, 0.5) is 0 Å². The molecule has 5 rings (SSSR count). The van der Waals surface area contributed by atoms with Crippen LogP contribution in [0, 0.1) is 0 Å². The summed E-state index contributed by atoms with van der Waals surface area (Å²) in [5, 5.41) is 2.59. The Morgan fingerprint density at radius 2 is 1.60 bits per heavy atom. The van der Waals surface area contributed by atoms with Crippen molar-refractivity contribution in [1.29, 1.82) is 0 Å². The summed E-state index contributed by atoms with van der Waals surface area (Å²) < 4.78 is 1.35. The summed E-state index contributed by atoms with van der Waals surface area (Å²) in [5.74, 6) is 0.518. The average molecular weight is 432 g/mol. The second kappa shape index (κ2) is 5.99. The predicted octanol–water partition coefficient (Wildman–Crippen LogP) is 7.27. The van der Waals surface area contributed by atoms with E-state index >= 15 is 0 Å². The molecule has 25 heavy (non-hydrogen) atoms. The topological polar surface area (TPSA) is 0 Å². The quantitative estimate of drug-likeness (QED) is 0.355. The molecule has 1 heteroatoms. The number of hydrogen-bond acceptors (Lipinski definition) is 0. The molecule has 0 aromatic heterocycles. The van der Waals surface area contributed by atoms with Gasteiger partial charge in [-0.3, -0.25) is 0 Å². The van der Waals surface area contributed by atoms with Gasteiger partial charge in [-0.25, -0.2) is 0 Å². The Labute approximate surface area is 161 Å². The molecule has 0 radical (unpaired) electrons. The number of fused-ring (bicyclic) bond motifs is 4. The normalized spacial score (nSPS) is 18.4. The predicted molar refractivity (Wildman–Crippen MR) is 116 cm³/mol. The number of rotatable bonds is 1. The molecule has 0 amide bonds. The molecule has 0 heterocycles. The Hall–Kier alpha value is -2.13. The van der Waals surface area contributed by atoms with Crippen LogP contribution in [0.5, 0.6) is 0 Å². The zero-order chi connectivity index (χ0) is 16.8. The SMILES string of the molecule is IC1=CCC2C(=C1)C=Cc1cc(-c3ccc4ccccc4c3)ccc12. The van der Waals surface area contributed by atoms with Gasteiger partial charge in [0.05, 0.1) is 0 Å². The molecule has 0 bridgehead atoms. The minimum Gasteiger partial charge on any atom is -0.0702 e. The lowest BCUT2D eigenvalue weighted by Crippen LogP contribution is -2.09. The molecule has 0 fully saturated rings. The van der Waals surface area contributed by atoms with Crippen LogP contribution in [0.2, 0.25) is 0 Å². The standard InChI is InChI=1S/C24H17I/c25-22-10-12-24-21(15-22)8-7-20-14-19(9-11-23(20)24)18-6-5-16-3-1-2-4-17(16)13-18/h1-11,13-15,24H,12H2. The molecule has 1 unspecified atom stereocenters. The molecule has 0 spiro atoms. The lowest BCUT2D eigenvalue weighted by Gasteiger charge is -2.26. The van der Waals surface area contributed by atoms with Crippen molar-refractivity contribution < 1.29 is 0 Å². The maximum atomic E-state index is 2.42. The fourth-order valence-electron chi connectivity index (χ4n) is 3.93. The Morgan fingerprint density at radius 1 is 0.800 bits per heavy atom. The van der Waals surface area contributed by atoms with E-state index in [4.69, 9.17) is 0 Å². The second-order valence-corrected chi connectivity index (χ2v) is 8.01. The van der Waals surface area contributed by atoms with E-state index in [1.807, 2.05) is 0 Å². The molecule has 0 N–H and O–H groups in total. The van der Waals surface area contributed by atoms with Crippen molar-refractivity contribution in [2.75, 3.05) is 0 Å². The average Bonchev–Trinajstić information content (AvgIpc) is 2.66. The van der Waals surface area contributed by atoms with Crippen LogP contribution in [0.1, 0.15) is 23.5 Å². The van der Waals surface area contributed by atoms with E-state index in [2.05, 4.69) is 108 Å². The van der Waals surface area contributed by atoms with Crippen molar-refractivity contribution in [3.63, 3.8) is 0 Å². The summed E-state index contributed by atoms with van der Waals surface area (Å²) in [6.07, 6.45) is 10.3.